The second-order valence-electron chi connectivity index (χ2n) is 6.09. The number of hydrogen-bond acceptors (Lipinski definition) is 4. The lowest BCUT2D eigenvalue weighted by molar-refractivity contribution is 0.172. The molecule has 2 rings (SSSR count). The minimum absolute atomic E-state index is 0. The fourth-order valence-electron chi connectivity index (χ4n) is 2.62. The van der Waals surface area contributed by atoms with Gasteiger partial charge in [-0.1, -0.05) is 0 Å². The molecular weight excluding hydrogens is 433 g/mol. The summed E-state index contributed by atoms with van der Waals surface area (Å²) in [5.41, 5.74) is 1.27. The van der Waals surface area contributed by atoms with Gasteiger partial charge in [-0.05, 0) is 43.7 Å². The van der Waals surface area contributed by atoms with Crippen LogP contribution in [0.25, 0.3) is 0 Å². The van der Waals surface area contributed by atoms with Gasteiger partial charge in [-0.15, -0.1) is 24.0 Å². The number of ether oxygens (including phenoxy) is 3. The van der Waals surface area contributed by atoms with E-state index in [4.69, 9.17) is 14.2 Å². The Morgan fingerprint density at radius 1 is 1.24 bits per heavy atom. The Balaban J connectivity index is 0.00000312. The van der Waals surface area contributed by atoms with Crippen LogP contribution in [-0.4, -0.2) is 47.0 Å². The summed E-state index contributed by atoms with van der Waals surface area (Å²) in [6.45, 7) is 4.28. The van der Waals surface area contributed by atoms with Crippen LogP contribution in [0, 0.1) is 5.41 Å². The molecule has 2 N–H and O–H groups in total. The van der Waals surface area contributed by atoms with Gasteiger partial charge in [0, 0.05) is 39.1 Å². The summed E-state index contributed by atoms with van der Waals surface area (Å²) in [5, 5.41) is 6.72. The Kier molecular flexibility index (Phi) is 9.34. The largest absolute Gasteiger partial charge is 0.493 e. The molecule has 1 saturated carbocycles. The van der Waals surface area contributed by atoms with Crippen molar-refractivity contribution < 1.29 is 14.2 Å². The van der Waals surface area contributed by atoms with Crippen LogP contribution >= 0.6 is 24.0 Å². The van der Waals surface area contributed by atoms with Crippen molar-refractivity contribution in [2.24, 2.45) is 10.4 Å². The molecule has 0 atom stereocenters. The minimum atomic E-state index is 0. The molecule has 25 heavy (non-hydrogen) atoms. The number of hydrogen-bond donors (Lipinski definition) is 2. The lowest BCUT2D eigenvalue weighted by atomic mass is 10.0. The first-order chi connectivity index (χ1) is 11.7. The zero-order valence-corrected chi connectivity index (χ0v) is 17.9. The number of methoxy groups -OCH3 is 2. The van der Waals surface area contributed by atoms with E-state index in [-0.39, 0.29) is 24.0 Å². The summed E-state index contributed by atoms with van der Waals surface area (Å²) >= 11 is 0. The van der Waals surface area contributed by atoms with E-state index in [9.17, 15) is 0 Å². The van der Waals surface area contributed by atoms with Crippen molar-refractivity contribution in [1.29, 1.82) is 0 Å². The van der Waals surface area contributed by atoms with Gasteiger partial charge in [0.05, 0.1) is 13.7 Å². The van der Waals surface area contributed by atoms with Crippen molar-refractivity contribution >= 4 is 35.6 Å². The maximum absolute atomic E-state index is 5.54. The summed E-state index contributed by atoms with van der Waals surface area (Å²) in [6, 6.07) is 5.77. The van der Waals surface area contributed by atoms with Crippen LogP contribution < -0.4 is 20.1 Å². The number of nitrogens with one attached hydrogen (secondary N) is 2. The first kappa shape index (κ1) is 21.8. The van der Waals surface area contributed by atoms with Gasteiger partial charge in [0.2, 0.25) is 0 Å². The van der Waals surface area contributed by atoms with Gasteiger partial charge >= 0.3 is 0 Å². The number of aliphatic imine (C=N–C) groups is 1. The second kappa shape index (κ2) is 10.7. The average molecular weight is 463 g/mol. The van der Waals surface area contributed by atoms with Gasteiger partial charge in [0.1, 0.15) is 0 Å². The van der Waals surface area contributed by atoms with E-state index in [1.54, 1.807) is 21.3 Å². The zero-order valence-electron chi connectivity index (χ0n) is 15.6. The Morgan fingerprint density at radius 3 is 2.56 bits per heavy atom. The molecule has 6 nitrogen and oxygen atoms in total. The molecule has 0 heterocycles. The molecule has 142 valence electrons. The predicted molar refractivity (Wildman–Crippen MR) is 113 cm³/mol. The monoisotopic (exact) mass is 463 g/mol. The molecule has 1 aromatic carbocycles. The molecular formula is C18H30IN3O3. The highest BCUT2D eigenvalue weighted by molar-refractivity contribution is 14.0. The van der Waals surface area contributed by atoms with E-state index in [2.05, 4.69) is 15.6 Å². The van der Waals surface area contributed by atoms with Crippen LogP contribution in [0.2, 0.25) is 0 Å². The molecule has 0 aliphatic heterocycles. The number of benzene rings is 1. The number of guanidine groups is 1. The van der Waals surface area contributed by atoms with Gasteiger partial charge in [-0.25, -0.2) is 0 Å². The first-order valence-corrected chi connectivity index (χ1v) is 8.44. The Labute approximate surface area is 167 Å². The zero-order chi connectivity index (χ0) is 17.4. The van der Waals surface area contributed by atoms with Crippen LogP contribution in [0.4, 0.5) is 5.69 Å². The molecule has 7 heteroatoms. The SMILES string of the molecule is CCOc1ccc(NC(=NC)NCC2(CCOC)CC2)cc1OC.I. The van der Waals surface area contributed by atoms with Crippen molar-refractivity contribution in [1.82, 2.24) is 5.32 Å². The maximum atomic E-state index is 5.54. The Hall–Kier alpha value is -1.22. The smallest absolute Gasteiger partial charge is 0.195 e. The number of rotatable bonds is 9. The highest BCUT2D eigenvalue weighted by Crippen LogP contribution is 2.48. The summed E-state index contributed by atoms with van der Waals surface area (Å²) in [4.78, 5) is 4.30. The highest BCUT2D eigenvalue weighted by atomic mass is 127. The number of halogens is 1. The lowest BCUT2D eigenvalue weighted by Crippen LogP contribution is -2.35. The van der Waals surface area contributed by atoms with Crippen molar-refractivity contribution in [3.8, 4) is 11.5 Å². The van der Waals surface area contributed by atoms with E-state index < -0.39 is 0 Å². The molecule has 0 spiro atoms. The van der Waals surface area contributed by atoms with Crippen LogP contribution in [0.3, 0.4) is 0 Å². The van der Waals surface area contributed by atoms with E-state index in [0.29, 0.717) is 17.8 Å². The number of anilines is 1. The van der Waals surface area contributed by atoms with Crippen LogP contribution in [0.1, 0.15) is 26.2 Å². The third-order valence-electron chi connectivity index (χ3n) is 4.37. The van der Waals surface area contributed by atoms with Crippen molar-refractivity contribution in [3.63, 3.8) is 0 Å². The van der Waals surface area contributed by atoms with Crippen LogP contribution in [0.15, 0.2) is 23.2 Å². The van der Waals surface area contributed by atoms with E-state index in [1.165, 1.54) is 12.8 Å². The summed E-state index contributed by atoms with van der Waals surface area (Å²) in [5.74, 6) is 2.20. The van der Waals surface area contributed by atoms with Crippen LogP contribution in [-0.2, 0) is 4.74 Å². The fraction of sp³-hybridized carbons (Fsp3) is 0.611. The Morgan fingerprint density at radius 2 is 2.00 bits per heavy atom. The third-order valence-corrected chi connectivity index (χ3v) is 4.37. The molecule has 0 saturated heterocycles. The first-order valence-electron chi connectivity index (χ1n) is 8.44. The van der Waals surface area contributed by atoms with E-state index >= 15 is 0 Å². The van der Waals surface area contributed by atoms with Crippen molar-refractivity contribution in [2.45, 2.75) is 26.2 Å². The molecule has 0 aromatic heterocycles. The summed E-state index contributed by atoms with van der Waals surface area (Å²) in [7, 11) is 5.17. The molecule has 0 amide bonds. The van der Waals surface area contributed by atoms with Gasteiger partial charge < -0.3 is 24.8 Å². The molecule has 0 unspecified atom stereocenters. The minimum Gasteiger partial charge on any atom is -0.493 e. The van der Waals surface area contributed by atoms with Crippen molar-refractivity contribution in [2.75, 3.05) is 46.3 Å². The standard InChI is InChI=1S/C18H29N3O3.HI/c1-5-24-15-7-6-14(12-16(15)23-4)21-17(19-2)20-13-18(8-9-18)10-11-22-3;/h6-7,12H,5,8-11,13H2,1-4H3,(H2,19,20,21);1H. The second-order valence-corrected chi connectivity index (χ2v) is 6.09. The summed E-state index contributed by atoms with van der Waals surface area (Å²) in [6.07, 6.45) is 3.58. The van der Waals surface area contributed by atoms with Crippen molar-refractivity contribution in [3.05, 3.63) is 18.2 Å². The molecule has 0 bridgehead atoms. The van der Waals surface area contributed by atoms with Gasteiger partial charge in [0.25, 0.3) is 0 Å². The average Bonchev–Trinajstić information content (AvgIpc) is 3.38. The molecule has 1 aromatic rings. The van der Waals surface area contributed by atoms with E-state index in [1.807, 2.05) is 25.1 Å². The molecule has 1 fully saturated rings. The van der Waals surface area contributed by atoms with Gasteiger partial charge in [-0.3, -0.25) is 4.99 Å². The quantitative estimate of drug-likeness (QED) is 0.334. The fourth-order valence-corrected chi connectivity index (χ4v) is 2.62. The normalized spacial score (nSPS) is 15.1. The molecule has 1 aliphatic carbocycles. The van der Waals surface area contributed by atoms with Crippen LogP contribution in [0.5, 0.6) is 11.5 Å². The topological polar surface area (TPSA) is 64.1 Å². The lowest BCUT2D eigenvalue weighted by Gasteiger charge is -2.19. The molecule has 0 radical (unpaired) electrons. The molecule has 1 aliphatic rings. The highest BCUT2D eigenvalue weighted by Gasteiger charge is 2.41. The summed E-state index contributed by atoms with van der Waals surface area (Å²) < 4.78 is 16.1. The predicted octanol–water partition coefficient (Wildman–Crippen LogP) is 3.52. The number of nitrogens with zero attached hydrogens (tertiary/aromatic N) is 1. The Bertz CT molecular complexity index is 562. The van der Waals surface area contributed by atoms with Gasteiger partial charge in [0.15, 0.2) is 17.5 Å². The van der Waals surface area contributed by atoms with E-state index in [0.717, 1.165) is 37.0 Å². The van der Waals surface area contributed by atoms with Gasteiger partial charge in [-0.2, -0.15) is 0 Å². The third kappa shape index (κ3) is 6.54. The maximum Gasteiger partial charge on any atom is 0.195 e.